The monoisotopic (exact) mass is 414 g/mol. The third kappa shape index (κ3) is 3.81. The van der Waals surface area contributed by atoms with Gasteiger partial charge in [-0.2, -0.15) is 0 Å². The highest BCUT2D eigenvalue weighted by Crippen LogP contribution is 2.40. The number of likely N-dealkylation sites (tertiary alicyclic amines) is 1. The molecule has 154 valence electrons. The van der Waals surface area contributed by atoms with Gasteiger partial charge in [-0.25, -0.2) is 0 Å². The van der Waals surface area contributed by atoms with Crippen molar-refractivity contribution in [3.05, 3.63) is 117 Å². The molecule has 1 saturated heterocycles. The second-order valence-corrected chi connectivity index (χ2v) is 7.13. The highest BCUT2D eigenvalue weighted by Gasteiger charge is 2.46. The molecule has 1 aliphatic rings. The van der Waals surface area contributed by atoms with E-state index in [1.54, 1.807) is 24.3 Å². The molecule has 0 aromatic heterocycles. The van der Waals surface area contributed by atoms with Crippen molar-refractivity contribution >= 4 is 23.1 Å². The summed E-state index contributed by atoms with van der Waals surface area (Å²) in [7, 11) is 0. The molecule has 0 unspecified atom stereocenters. The van der Waals surface area contributed by atoms with Gasteiger partial charge in [-0.1, -0.05) is 60.7 Å². The van der Waals surface area contributed by atoms with Crippen LogP contribution in [0.2, 0.25) is 0 Å². The zero-order valence-electron chi connectivity index (χ0n) is 16.3. The molecular formula is C24H18N2O5. The van der Waals surface area contributed by atoms with Crippen LogP contribution in [0.4, 0.5) is 5.69 Å². The molecule has 7 nitrogen and oxygen atoms in total. The van der Waals surface area contributed by atoms with Crippen LogP contribution in [-0.4, -0.2) is 26.6 Å². The van der Waals surface area contributed by atoms with Crippen molar-refractivity contribution < 1.29 is 19.6 Å². The number of amides is 1. The molecule has 0 bridgehead atoms. The smallest absolute Gasteiger partial charge is 0.295 e. The van der Waals surface area contributed by atoms with Crippen LogP contribution in [0.1, 0.15) is 22.7 Å². The standard InChI is InChI=1S/C24H18N2O5/c27-22(18-11-13-19(14-12-18)26(30)31)20-21(17-9-5-2-6-10-17)25(24(29)23(20)28)15-16-7-3-1-4-8-16/h1-14,21,27H,15H2/t21-/m0/s1. The zero-order chi connectivity index (χ0) is 22.0. The number of nitro benzene ring substituents is 1. The van der Waals surface area contributed by atoms with E-state index in [0.29, 0.717) is 5.56 Å². The highest BCUT2D eigenvalue weighted by atomic mass is 16.6. The number of Topliss-reactive ketones (excluding diaryl/α,β-unsaturated/α-hetero) is 1. The van der Waals surface area contributed by atoms with Gasteiger partial charge in [0, 0.05) is 24.2 Å². The van der Waals surface area contributed by atoms with Crippen LogP contribution in [0, 0.1) is 10.1 Å². The number of carbonyl (C=O) groups excluding carboxylic acids is 2. The molecule has 0 spiro atoms. The largest absolute Gasteiger partial charge is 0.507 e. The zero-order valence-corrected chi connectivity index (χ0v) is 16.3. The maximum absolute atomic E-state index is 13.0. The number of rotatable bonds is 5. The topological polar surface area (TPSA) is 101 Å². The van der Waals surface area contributed by atoms with Crippen LogP contribution >= 0.6 is 0 Å². The molecule has 1 atom stereocenters. The summed E-state index contributed by atoms with van der Waals surface area (Å²) in [5.41, 5.74) is 1.58. The number of benzene rings is 3. The Morgan fingerprint density at radius 2 is 1.48 bits per heavy atom. The van der Waals surface area contributed by atoms with E-state index in [2.05, 4.69) is 0 Å². The number of nitro groups is 1. The summed E-state index contributed by atoms with van der Waals surface area (Å²) in [6.07, 6.45) is 0. The van der Waals surface area contributed by atoms with Crippen molar-refractivity contribution in [2.45, 2.75) is 12.6 Å². The van der Waals surface area contributed by atoms with Crippen LogP contribution in [0.15, 0.2) is 90.5 Å². The number of hydrogen-bond acceptors (Lipinski definition) is 5. The third-order valence-corrected chi connectivity index (χ3v) is 5.20. The fraction of sp³-hybridized carbons (Fsp3) is 0.0833. The lowest BCUT2D eigenvalue weighted by molar-refractivity contribution is -0.384. The normalized spacial score (nSPS) is 17.7. The van der Waals surface area contributed by atoms with E-state index in [4.69, 9.17) is 0 Å². The van der Waals surface area contributed by atoms with Gasteiger partial charge in [0.15, 0.2) is 0 Å². The number of non-ortho nitro benzene ring substituents is 1. The fourth-order valence-electron chi connectivity index (χ4n) is 3.70. The van der Waals surface area contributed by atoms with Crippen LogP contribution in [0.5, 0.6) is 0 Å². The van der Waals surface area contributed by atoms with Gasteiger partial charge in [0.25, 0.3) is 17.4 Å². The van der Waals surface area contributed by atoms with E-state index in [-0.39, 0.29) is 29.1 Å². The number of aliphatic hydroxyl groups excluding tert-OH is 1. The minimum absolute atomic E-state index is 0.0408. The summed E-state index contributed by atoms with van der Waals surface area (Å²) in [4.78, 5) is 37.7. The minimum Gasteiger partial charge on any atom is -0.507 e. The Hall–Kier alpha value is -4.26. The number of carbonyl (C=O) groups is 2. The number of ketones is 1. The lowest BCUT2D eigenvalue weighted by atomic mass is 9.95. The first-order valence-corrected chi connectivity index (χ1v) is 9.59. The Kier molecular flexibility index (Phi) is 5.32. The predicted molar refractivity (Wildman–Crippen MR) is 114 cm³/mol. The first-order valence-electron chi connectivity index (χ1n) is 9.59. The Balaban J connectivity index is 1.83. The second-order valence-electron chi connectivity index (χ2n) is 7.13. The van der Waals surface area contributed by atoms with Crippen molar-refractivity contribution in [1.29, 1.82) is 0 Å². The van der Waals surface area contributed by atoms with Crippen molar-refractivity contribution in [2.24, 2.45) is 0 Å². The van der Waals surface area contributed by atoms with Crippen LogP contribution in [-0.2, 0) is 16.1 Å². The van der Waals surface area contributed by atoms with Gasteiger partial charge in [0.05, 0.1) is 16.5 Å². The van der Waals surface area contributed by atoms with Gasteiger partial charge < -0.3 is 10.0 Å². The second kappa shape index (κ2) is 8.23. The number of aliphatic hydroxyl groups is 1. The molecule has 1 heterocycles. The van der Waals surface area contributed by atoms with Crippen LogP contribution < -0.4 is 0 Å². The van der Waals surface area contributed by atoms with Crippen molar-refractivity contribution in [1.82, 2.24) is 4.90 Å². The summed E-state index contributed by atoms with van der Waals surface area (Å²) < 4.78 is 0. The van der Waals surface area contributed by atoms with Gasteiger partial charge in [-0.15, -0.1) is 0 Å². The average molecular weight is 414 g/mol. The van der Waals surface area contributed by atoms with Crippen LogP contribution in [0.3, 0.4) is 0 Å². The molecule has 0 aliphatic carbocycles. The van der Waals surface area contributed by atoms with Gasteiger partial charge in [-0.3, -0.25) is 19.7 Å². The first kappa shape index (κ1) is 20.0. The molecule has 3 aromatic carbocycles. The lowest BCUT2D eigenvalue weighted by Gasteiger charge is -2.25. The SMILES string of the molecule is O=C1C(=O)N(Cc2ccccc2)[C@@H](c2ccccc2)C1=C(O)c1ccc([N+](=O)[O-])cc1. The molecule has 1 amide bonds. The summed E-state index contributed by atoms with van der Waals surface area (Å²) in [6, 6.07) is 22.7. The Labute approximate surface area is 178 Å². The molecule has 7 heteroatoms. The summed E-state index contributed by atoms with van der Waals surface area (Å²) >= 11 is 0. The fourth-order valence-corrected chi connectivity index (χ4v) is 3.70. The van der Waals surface area contributed by atoms with E-state index in [1.165, 1.54) is 29.2 Å². The third-order valence-electron chi connectivity index (χ3n) is 5.20. The van der Waals surface area contributed by atoms with Gasteiger partial charge in [-0.05, 0) is 23.3 Å². The molecule has 0 saturated carbocycles. The molecule has 0 radical (unpaired) electrons. The molecule has 31 heavy (non-hydrogen) atoms. The van der Waals surface area contributed by atoms with E-state index >= 15 is 0 Å². The maximum Gasteiger partial charge on any atom is 0.295 e. The van der Waals surface area contributed by atoms with Gasteiger partial charge in [0.2, 0.25) is 0 Å². The maximum atomic E-state index is 13.0. The van der Waals surface area contributed by atoms with E-state index in [1.807, 2.05) is 36.4 Å². The van der Waals surface area contributed by atoms with Gasteiger partial charge >= 0.3 is 0 Å². The van der Waals surface area contributed by atoms with Gasteiger partial charge in [0.1, 0.15) is 5.76 Å². The van der Waals surface area contributed by atoms with Crippen molar-refractivity contribution in [2.75, 3.05) is 0 Å². The van der Waals surface area contributed by atoms with E-state index < -0.39 is 22.7 Å². The van der Waals surface area contributed by atoms with Crippen LogP contribution in [0.25, 0.3) is 5.76 Å². The summed E-state index contributed by atoms with van der Waals surface area (Å²) in [5.74, 6) is -1.86. The number of nitrogens with zero attached hydrogens (tertiary/aromatic N) is 2. The molecule has 3 aromatic rings. The minimum atomic E-state index is -0.791. The van der Waals surface area contributed by atoms with E-state index in [0.717, 1.165) is 5.56 Å². The average Bonchev–Trinajstić information content (AvgIpc) is 3.05. The Bertz CT molecular complexity index is 1170. The highest BCUT2D eigenvalue weighted by molar-refractivity contribution is 6.46. The molecule has 1 fully saturated rings. The Morgan fingerprint density at radius 1 is 0.903 bits per heavy atom. The summed E-state index contributed by atoms with van der Waals surface area (Å²) in [5, 5.41) is 21.9. The van der Waals surface area contributed by atoms with Crippen molar-refractivity contribution in [3.63, 3.8) is 0 Å². The molecular weight excluding hydrogens is 396 g/mol. The van der Waals surface area contributed by atoms with E-state index in [9.17, 15) is 24.8 Å². The predicted octanol–water partition coefficient (Wildman–Crippen LogP) is 4.22. The molecule has 4 rings (SSSR count). The molecule has 1 aliphatic heterocycles. The van der Waals surface area contributed by atoms with Crippen molar-refractivity contribution in [3.8, 4) is 0 Å². The summed E-state index contributed by atoms with van der Waals surface area (Å²) in [6.45, 7) is 0.196. The quantitative estimate of drug-likeness (QED) is 0.222. The Morgan fingerprint density at radius 3 is 2.06 bits per heavy atom. The number of hydrogen-bond donors (Lipinski definition) is 1. The lowest BCUT2D eigenvalue weighted by Crippen LogP contribution is -2.29. The molecule has 1 N–H and O–H groups in total. The first-order chi connectivity index (χ1) is 15.0.